The molecule has 20 heavy (non-hydrogen) atoms. The maximum Gasteiger partial charge on any atom is 0.223 e. The van der Waals surface area contributed by atoms with Crippen LogP contribution >= 0.6 is 0 Å². The lowest BCUT2D eigenvalue weighted by molar-refractivity contribution is -0.128. The summed E-state index contributed by atoms with van der Waals surface area (Å²) >= 11 is 0. The van der Waals surface area contributed by atoms with Crippen molar-refractivity contribution < 1.29 is 9.18 Å². The molecule has 0 atom stereocenters. The maximum absolute atomic E-state index is 13.0. The van der Waals surface area contributed by atoms with Crippen LogP contribution in [-0.4, -0.2) is 44.5 Å². The molecule has 0 spiro atoms. The van der Waals surface area contributed by atoms with Crippen molar-refractivity contribution in [3.63, 3.8) is 0 Å². The third-order valence-electron chi connectivity index (χ3n) is 2.70. The fourth-order valence-corrected chi connectivity index (χ4v) is 1.56. The van der Waals surface area contributed by atoms with Gasteiger partial charge in [-0.2, -0.15) is 0 Å². The number of nitrogens with one attached hydrogen (secondary N) is 2. The minimum absolute atomic E-state index is 0.0538. The van der Waals surface area contributed by atoms with Crippen LogP contribution in [0.1, 0.15) is 12.0 Å². The molecule has 0 saturated heterocycles. The van der Waals surface area contributed by atoms with Crippen molar-refractivity contribution >= 4 is 11.9 Å². The second-order valence-electron chi connectivity index (χ2n) is 4.52. The van der Waals surface area contributed by atoms with Gasteiger partial charge in [-0.3, -0.25) is 9.79 Å². The third-order valence-corrected chi connectivity index (χ3v) is 2.70. The quantitative estimate of drug-likeness (QED) is 0.624. The molecule has 0 aliphatic carbocycles. The first-order chi connectivity index (χ1) is 9.52. The zero-order valence-electron chi connectivity index (χ0n) is 12.1. The molecule has 1 amide bonds. The minimum Gasteiger partial charge on any atom is -0.356 e. The van der Waals surface area contributed by atoms with Crippen molar-refractivity contribution in [2.24, 2.45) is 4.99 Å². The maximum atomic E-state index is 13.0. The highest BCUT2D eigenvalue weighted by molar-refractivity contribution is 5.81. The van der Waals surface area contributed by atoms with Crippen LogP contribution in [0.5, 0.6) is 0 Å². The average Bonchev–Trinajstić information content (AvgIpc) is 2.42. The van der Waals surface area contributed by atoms with Gasteiger partial charge in [0.2, 0.25) is 5.91 Å². The van der Waals surface area contributed by atoms with Crippen LogP contribution in [0.15, 0.2) is 29.3 Å². The Bertz CT molecular complexity index is 474. The van der Waals surface area contributed by atoms with E-state index in [4.69, 9.17) is 0 Å². The van der Waals surface area contributed by atoms with E-state index >= 15 is 0 Å². The van der Waals surface area contributed by atoms with E-state index in [-0.39, 0.29) is 11.7 Å². The monoisotopic (exact) mass is 280 g/mol. The lowest BCUT2D eigenvalue weighted by Gasteiger charge is -2.13. The van der Waals surface area contributed by atoms with E-state index in [1.165, 1.54) is 12.1 Å². The van der Waals surface area contributed by atoms with E-state index in [0.29, 0.717) is 25.5 Å². The Morgan fingerprint density at radius 1 is 1.35 bits per heavy atom. The second-order valence-corrected chi connectivity index (χ2v) is 4.52. The van der Waals surface area contributed by atoms with Gasteiger partial charge >= 0.3 is 0 Å². The van der Waals surface area contributed by atoms with Gasteiger partial charge in [0, 0.05) is 40.7 Å². The van der Waals surface area contributed by atoms with Crippen LogP contribution in [-0.2, 0) is 11.3 Å². The molecule has 0 fully saturated rings. The number of carbonyl (C=O) groups is 1. The highest BCUT2D eigenvalue weighted by atomic mass is 19.1. The molecule has 1 rings (SSSR count). The number of aliphatic imine (C=N–C) groups is 1. The largest absolute Gasteiger partial charge is 0.356 e. The Labute approximate surface area is 118 Å². The summed E-state index contributed by atoms with van der Waals surface area (Å²) in [6.07, 6.45) is 0.396. The zero-order chi connectivity index (χ0) is 15.0. The van der Waals surface area contributed by atoms with Crippen LogP contribution in [0.2, 0.25) is 0 Å². The third kappa shape index (κ3) is 5.69. The van der Waals surface area contributed by atoms with E-state index in [1.807, 2.05) is 6.07 Å². The summed E-state index contributed by atoms with van der Waals surface area (Å²) in [5.74, 6) is 0.378. The van der Waals surface area contributed by atoms with Gasteiger partial charge in [-0.05, 0) is 17.7 Å². The highest BCUT2D eigenvalue weighted by Gasteiger charge is 2.04. The van der Waals surface area contributed by atoms with Crippen molar-refractivity contribution in [2.45, 2.75) is 13.0 Å². The fourth-order valence-electron chi connectivity index (χ4n) is 1.56. The highest BCUT2D eigenvalue weighted by Crippen LogP contribution is 2.02. The topological polar surface area (TPSA) is 56.7 Å². The number of hydrogen-bond donors (Lipinski definition) is 2. The number of amides is 1. The van der Waals surface area contributed by atoms with Gasteiger partial charge in [0.25, 0.3) is 0 Å². The lowest BCUT2D eigenvalue weighted by atomic mass is 10.2. The van der Waals surface area contributed by atoms with Crippen molar-refractivity contribution in [1.82, 2.24) is 15.5 Å². The predicted molar refractivity (Wildman–Crippen MR) is 77.9 cm³/mol. The van der Waals surface area contributed by atoms with E-state index < -0.39 is 0 Å². The van der Waals surface area contributed by atoms with Crippen molar-refractivity contribution in [2.75, 3.05) is 27.7 Å². The molecule has 0 aliphatic rings. The van der Waals surface area contributed by atoms with Gasteiger partial charge in [0.1, 0.15) is 5.82 Å². The first-order valence-electron chi connectivity index (χ1n) is 6.42. The molecular formula is C14H21FN4O. The van der Waals surface area contributed by atoms with E-state index in [1.54, 1.807) is 32.1 Å². The van der Waals surface area contributed by atoms with Crippen molar-refractivity contribution in [1.29, 1.82) is 0 Å². The number of benzene rings is 1. The van der Waals surface area contributed by atoms with Gasteiger partial charge in [0.05, 0.1) is 0 Å². The predicted octanol–water partition coefficient (Wildman–Crippen LogP) is 0.969. The van der Waals surface area contributed by atoms with Crippen LogP contribution in [0.3, 0.4) is 0 Å². The van der Waals surface area contributed by atoms with Gasteiger partial charge in [-0.25, -0.2) is 4.39 Å². The zero-order valence-corrected chi connectivity index (χ0v) is 12.1. The molecule has 0 aromatic heterocycles. The molecule has 0 bridgehead atoms. The normalized spacial score (nSPS) is 11.1. The number of carbonyl (C=O) groups excluding carboxylic acids is 1. The molecule has 2 N–H and O–H groups in total. The summed E-state index contributed by atoms with van der Waals surface area (Å²) in [6.45, 7) is 0.971. The smallest absolute Gasteiger partial charge is 0.223 e. The molecule has 1 aromatic rings. The Morgan fingerprint density at radius 2 is 2.10 bits per heavy atom. The molecule has 0 radical (unpaired) electrons. The van der Waals surface area contributed by atoms with Crippen molar-refractivity contribution in [3.8, 4) is 0 Å². The minimum atomic E-state index is -0.260. The SMILES string of the molecule is CN=C(NCCC(=O)N(C)C)NCc1cccc(F)c1. The number of halogens is 1. The Balaban J connectivity index is 2.35. The molecule has 0 aliphatic heterocycles. The molecule has 0 heterocycles. The van der Waals surface area contributed by atoms with Crippen LogP contribution in [0, 0.1) is 5.82 Å². The molecule has 110 valence electrons. The average molecular weight is 280 g/mol. The van der Waals surface area contributed by atoms with Crippen LogP contribution < -0.4 is 10.6 Å². The Hall–Kier alpha value is -2.11. The molecule has 6 heteroatoms. The first-order valence-corrected chi connectivity index (χ1v) is 6.42. The molecule has 5 nitrogen and oxygen atoms in total. The Kier molecular flexibility index (Phi) is 6.49. The summed E-state index contributed by atoms with van der Waals surface area (Å²) < 4.78 is 13.0. The van der Waals surface area contributed by atoms with Crippen LogP contribution in [0.4, 0.5) is 4.39 Å². The molecule has 0 saturated carbocycles. The summed E-state index contributed by atoms with van der Waals surface area (Å²) in [5.41, 5.74) is 0.831. The number of rotatable bonds is 5. The molecular weight excluding hydrogens is 259 g/mol. The Morgan fingerprint density at radius 3 is 2.70 bits per heavy atom. The summed E-state index contributed by atoms with van der Waals surface area (Å²) in [5, 5.41) is 6.10. The van der Waals surface area contributed by atoms with Gasteiger partial charge in [-0.15, -0.1) is 0 Å². The standard InChI is InChI=1S/C14H21FN4O/c1-16-14(17-8-7-13(20)19(2)3)18-10-11-5-4-6-12(15)9-11/h4-6,9H,7-8,10H2,1-3H3,(H2,16,17,18). The van der Waals surface area contributed by atoms with Gasteiger partial charge in [-0.1, -0.05) is 12.1 Å². The van der Waals surface area contributed by atoms with Crippen LogP contribution in [0.25, 0.3) is 0 Å². The molecule has 0 unspecified atom stereocenters. The van der Waals surface area contributed by atoms with Crippen molar-refractivity contribution in [3.05, 3.63) is 35.6 Å². The summed E-state index contributed by atoms with van der Waals surface area (Å²) in [4.78, 5) is 17.0. The van der Waals surface area contributed by atoms with Gasteiger partial charge in [0.15, 0.2) is 5.96 Å². The summed E-state index contributed by atoms with van der Waals surface area (Å²) in [6, 6.07) is 6.37. The van der Waals surface area contributed by atoms with Gasteiger partial charge < -0.3 is 15.5 Å². The first kappa shape index (κ1) is 15.9. The molecule has 1 aromatic carbocycles. The number of nitrogens with zero attached hydrogens (tertiary/aromatic N) is 2. The fraction of sp³-hybridized carbons (Fsp3) is 0.429. The van der Waals surface area contributed by atoms with E-state index in [2.05, 4.69) is 15.6 Å². The number of hydrogen-bond acceptors (Lipinski definition) is 2. The van der Waals surface area contributed by atoms with E-state index in [9.17, 15) is 9.18 Å². The summed E-state index contributed by atoms with van der Waals surface area (Å²) in [7, 11) is 5.09. The number of guanidine groups is 1. The van der Waals surface area contributed by atoms with E-state index in [0.717, 1.165) is 5.56 Å². The second kappa shape index (κ2) is 8.14. The lowest BCUT2D eigenvalue weighted by Crippen LogP contribution is -2.38.